The van der Waals surface area contributed by atoms with Crippen molar-refractivity contribution in [2.75, 3.05) is 58.4 Å². The van der Waals surface area contributed by atoms with E-state index in [4.69, 9.17) is 14.2 Å². The molecule has 0 aliphatic heterocycles. The van der Waals surface area contributed by atoms with E-state index in [0.29, 0.717) is 31.1 Å². The predicted octanol–water partition coefficient (Wildman–Crippen LogP) is -0.649. The molecule has 0 aromatic rings. The van der Waals surface area contributed by atoms with Gasteiger partial charge in [0, 0.05) is 24.2 Å². The minimum atomic E-state index is -1.30. The maximum absolute atomic E-state index is 10.1. The molecule has 0 radical (unpaired) electrons. The lowest BCUT2D eigenvalue weighted by atomic mass is 9.88. The number of nitrogens with one attached hydrogen (secondary N) is 1. The molecule has 4 unspecified atom stereocenters. The van der Waals surface area contributed by atoms with E-state index >= 15 is 0 Å². The Kier molecular flexibility index (Phi) is 14.9. The van der Waals surface area contributed by atoms with Crippen molar-refractivity contribution < 1.29 is 39.7 Å². The molecular formula is C18H39NO8S. The highest BCUT2D eigenvalue weighted by molar-refractivity contribution is 7.99. The van der Waals surface area contributed by atoms with Crippen LogP contribution in [0.4, 0.5) is 0 Å². The van der Waals surface area contributed by atoms with Gasteiger partial charge in [-0.25, -0.2) is 0 Å². The summed E-state index contributed by atoms with van der Waals surface area (Å²) in [5.41, 5.74) is -1.79. The highest BCUT2D eigenvalue weighted by Gasteiger charge is 2.32. The summed E-state index contributed by atoms with van der Waals surface area (Å²) in [6, 6.07) is 0. The first-order chi connectivity index (χ1) is 13.2. The molecule has 0 amide bonds. The Morgan fingerprint density at radius 2 is 1.68 bits per heavy atom. The zero-order valence-corrected chi connectivity index (χ0v) is 18.3. The molecule has 0 spiro atoms. The van der Waals surface area contributed by atoms with Crippen molar-refractivity contribution in [1.82, 2.24) is 5.32 Å². The van der Waals surface area contributed by atoms with E-state index < -0.39 is 43.3 Å². The van der Waals surface area contributed by atoms with Crippen LogP contribution in [0.1, 0.15) is 27.2 Å². The van der Waals surface area contributed by atoms with Gasteiger partial charge < -0.3 is 39.7 Å². The minimum Gasteiger partial charge on any atom is -0.394 e. The molecule has 9 nitrogen and oxygen atoms in total. The number of rotatable bonds is 18. The monoisotopic (exact) mass is 429 g/mol. The molecule has 4 atom stereocenters. The van der Waals surface area contributed by atoms with Crippen LogP contribution < -0.4 is 5.32 Å². The molecular weight excluding hydrogens is 390 g/mol. The number of hydrogen-bond donors (Lipinski definition) is 6. The summed E-state index contributed by atoms with van der Waals surface area (Å²) in [6.07, 6.45) is -1.16. The zero-order chi connectivity index (χ0) is 21.6. The predicted molar refractivity (Wildman–Crippen MR) is 108 cm³/mol. The van der Waals surface area contributed by atoms with Gasteiger partial charge in [0.15, 0.2) is 6.29 Å². The quantitative estimate of drug-likeness (QED) is 0.123. The van der Waals surface area contributed by atoms with Crippen LogP contribution in [0.2, 0.25) is 0 Å². The van der Waals surface area contributed by atoms with E-state index in [2.05, 4.69) is 5.32 Å². The number of thioether (sulfide) groups is 1. The number of aliphatic hydroxyl groups excluding tert-OH is 5. The Morgan fingerprint density at radius 3 is 2.18 bits per heavy atom. The highest BCUT2D eigenvalue weighted by Crippen LogP contribution is 2.26. The van der Waals surface area contributed by atoms with Crippen LogP contribution >= 0.6 is 11.8 Å². The lowest BCUT2D eigenvalue weighted by Gasteiger charge is -2.33. The second-order valence-electron chi connectivity index (χ2n) is 7.37. The van der Waals surface area contributed by atoms with E-state index in [1.54, 1.807) is 11.8 Å². The van der Waals surface area contributed by atoms with Crippen LogP contribution in [0.15, 0.2) is 0 Å². The van der Waals surface area contributed by atoms with E-state index in [1.807, 2.05) is 20.8 Å². The van der Waals surface area contributed by atoms with Gasteiger partial charge >= 0.3 is 0 Å². The van der Waals surface area contributed by atoms with E-state index in [9.17, 15) is 25.5 Å². The lowest BCUT2D eigenvalue weighted by Crippen LogP contribution is -2.59. The van der Waals surface area contributed by atoms with Crippen LogP contribution in [0.25, 0.3) is 0 Å². The van der Waals surface area contributed by atoms with Crippen molar-refractivity contribution in [3.8, 4) is 0 Å². The van der Waals surface area contributed by atoms with Crippen LogP contribution in [-0.2, 0) is 14.2 Å². The van der Waals surface area contributed by atoms with Gasteiger partial charge in [-0.15, -0.1) is 0 Å². The Hall–Kier alpha value is -0.0100. The van der Waals surface area contributed by atoms with Gasteiger partial charge in [-0.2, -0.15) is 11.8 Å². The van der Waals surface area contributed by atoms with Crippen LogP contribution in [0, 0.1) is 11.3 Å². The summed E-state index contributed by atoms with van der Waals surface area (Å²) >= 11 is 1.59. The fourth-order valence-electron chi connectivity index (χ4n) is 2.25. The number of ether oxygens (including phenoxy) is 3. The summed E-state index contributed by atoms with van der Waals surface area (Å²) < 4.78 is 15.9. The molecule has 0 aromatic heterocycles. The molecule has 0 aliphatic rings. The van der Waals surface area contributed by atoms with Crippen molar-refractivity contribution in [2.45, 2.75) is 45.2 Å². The molecule has 0 fully saturated rings. The molecule has 10 heteroatoms. The number of methoxy groups -OCH3 is 1. The average Bonchev–Trinajstić information content (AvgIpc) is 2.72. The SMILES string of the molecule is CCC(C)(COCOCCSCC(C)C(O)NC(CO)(CO)CO)C(O)OC. The van der Waals surface area contributed by atoms with Crippen molar-refractivity contribution in [2.24, 2.45) is 11.3 Å². The normalized spacial score (nSPS) is 17.9. The summed E-state index contributed by atoms with van der Waals surface area (Å²) in [6.45, 7) is 5.15. The average molecular weight is 430 g/mol. The van der Waals surface area contributed by atoms with Crippen molar-refractivity contribution in [3.63, 3.8) is 0 Å². The Labute approximate surface area is 172 Å². The molecule has 0 heterocycles. The maximum Gasteiger partial charge on any atom is 0.161 e. The molecule has 0 rings (SSSR count). The van der Waals surface area contributed by atoms with Crippen molar-refractivity contribution >= 4 is 11.8 Å². The largest absolute Gasteiger partial charge is 0.394 e. The first kappa shape index (κ1) is 28.0. The molecule has 0 aromatic carbocycles. The third kappa shape index (κ3) is 9.66. The van der Waals surface area contributed by atoms with Gasteiger partial charge in [0.2, 0.25) is 0 Å². The molecule has 0 bridgehead atoms. The highest BCUT2D eigenvalue weighted by atomic mass is 32.2. The lowest BCUT2D eigenvalue weighted by molar-refractivity contribution is -0.185. The Bertz CT molecular complexity index is 380. The molecule has 0 saturated heterocycles. The maximum atomic E-state index is 10.1. The van der Waals surface area contributed by atoms with Gasteiger partial charge in [0.25, 0.3) is 0 Å². The summed E-state index contributed by atoms with van der Waals surface area (Å²) in [7, 11) is 1.46. The third-order valence-corrected chi connectivity index (χ3v) is 6.10. The van der Waals surface area contributed by atoms with Gasteiger partial charge in [-0.05, 0) is 12.2 Å². The topological polar surface area (TPSA) is 141 Å². The molecule has 28 heavy (non-hydrogen) atoms. The smallest absolute Gasteiger partial charge is 0.161 e. The van der Waals surface area contributed by atoms with E-state index in [1.165, 1.54) is 7.11 Å². The van der Waals surface area contributed by atoms with Crippen molar-refractivity contribution in [3.05, 3.63) is 0 Å². The van der Waals surface area contributed by atoms with E-state index in [-0.39, 0.29) is 12.7 Å². The van der Waals surface area contributed by atoms with Crippen LogP contribution in [0.5, 0.6) is 0 Å². The second kappa shape index (κ2) is 14.9. The third-order valence-electron chi connectivity index (χ3n) is 4.88. The first-order valence-corrected chi connectivity index (χ1v) is 10.6. The van der Waals surface area contributed by atoms with Gasteiger partial charge in [0.1, 0.15) is 13.0 Å². The first-order valence-electron chi connectivity index (χ1n) is 9.46. The van der Waals surface area contributed by atoms with Gasteiger partial charge in [-0.3, -0.25) is 5.32 Å². The number of hydrogen-bond acceptors (Lipinski definition) is 10. The minimum absolute atomic E-state index is 0.123. The number of aliphatic hydroxyl groups is 5. The van der Waals surface area contributed by atoms with E-state index in [0.717, 1.165) is 0 Å². The standard InChI is InChI=1S/C18H39NO8S/c1-5-17(3,16(24)25-4)12-27-13-26-6-7-28-8-14(2)15(23)19-18(9-20,10-21)11-22/h14-16,19-24H,5-13H2,1-4H3. The summed E-state index contributed by atoms with van der Waals surface area (Å²) in [4.78, 5) is 0. The molecule has 170 valence electrons. The Balaban J connectivity index is 3.93. The fraction of sp³-hybridized carbons (Fsp3) is 1.00. The summed E-state index contributed by atoms with van der Waals surface area (Å²) in [5, 5.41) is 50.5. The van der Waals surface area contributed by atoms with Gasteiger partial charge in [-0.1, -0.05) is 20.8 Å². The molecule has 0 aliphatic carbocycles. The molecule has 0 saturated carbocycles. The zero-order valence-electron chi connectivity index (χ0n) is 17.5. The summed E-state index contributed by atoms with van der Waals surface area (Å²) in [5.74, 6) is 1.17. The van der Waals surface area contributed by atoms with Crippen LogP contribution in [0.3, 0.4) is 0 Å². The second-order valence-corrected chi connectivity index (χ2v) is 8.52. The molecule has 6 N–H and O–H groups in total. The van der Waals surface area contributed by atoms with Crippen molar-refractivity contribution in [1.29, 1.82) is 0 Å². The Morgan fingerprint density at radius 1 is 1.07 bits per heavy atom. The fourth-order valence-corrected chi connectivity index (χ4v) is 3.20. The van der Waals surface area contributed by atoms with Gasteiger partial charge in [0.05, 0.1) is 38.6 Å². The van der Waals surface area contributed by atoms with Crippen LogP contribution in [-0.4, -0.2) is 102 Å².